The van der Waals surface area contributed by atoms with Crippen molar-refractivity contribution in [2.75, 3.05) is 18.5 Å². The van der Waals surface area contributed by atoms with E-state index in [1.54, 1.807) is 6.92 Å². The lowest BCUT2D eigenvalue weighted by Gasteiger charge is -2.27. The molecule has 26 heavy (non-hydrogen) atoms. The quantitative estimate of drug-likeness (QED) is 0.705. The van der Waals surface area contributed by atoms with Gasteiger partial charge in [0.2, 0.25) is 5.91 Å². The van der Waals surface area contributed by atoms with Crippen LogP contribution < -0.4 is 5.32 Å². The van der Waals surface area contributed by atoms with Crippen LogP contribution in [0.1, 0.15) is 30.6 Å². The van der Waals surface area contributed by atoms with Crippen LogP contribution in [0, 0.1) is 0 Å². The van der Waals surface area contributed by atoms with E-state index < -0.39 is 42.7 Å². The molecule has 0 aliphatic rings. The average molecular weight is 377 g/mol. The summed E-state index contributed by atoms with van der Waals surface area (Å²) in [4.78, 5) is 34.8. The smallest absolute Gasteiger partial charge is 0.428 e. The minimum atomic E-state index is -5.40. The fourth-order valence-electron chi connectivity index (χ4n) is 1.88. The van der Waals surface area contributed by atoms with Gasteiger partial charge in [-0.1, -0.05) is 0 Å². The number of halogens is 3. The first-order valence-electron chi connectivity index (χ1n) is 7.58. The molecule has 0 unspecified atom stereocenters. The van der Waals surface area contributed by atoms with Crippen molar-refractivity contribution in [2.45, 2.75) is 32.0 Å². The Morgan fingerprint density at radius 2 is 1.58 bits per heavy atom. The lowest BCUT2D eigenvalue weighted by atomic mass is 9.98. The van der Waals surface area contributed by atoms with E-state index in [0.29, 0.717) is 0 Å². The number of hydrogen-bond acceptors (Lipinski definition) is 6. The molecule has 0 spiro atoms. The molecule has 1 atom stereocenters. The lowest BCUT2D eigenvalue weighted by molar-refractivity contribution is -0.262. The molecule has 1 rings (SSSR count). The molecule has 1 amide bonds. The molecule has 0 saturated carbocycles. The first kappa shape index (κ1) is 21.4. The fourth-order valence-corrected chi connectivity index (χ4v) is 1.88. The number of anilines is 1. The summed E-state index contributed by atoms with van der Waals surface area (Å²) in [5.41, 5.74) is -3.71. The number of carbonyl (C=O) groups is 3. The molecule has 0 aliphatic carbocycles. The number of nitrogens with one attached hydrogen (secondary N) is 1. The van der Waals surface area contributed by atoms with Crippen LogP contribution in [0.4, 0.5) is 18.9 Å². The van der Waals surface area contributed by atoms with Gasteiger partial charge in [-0.05, 0) is 38.1 Å². The van der Waals surface area contributed by atoms with E-state index in [1.807, 2.05) is 0 Å². The van der Waals surface area contributed by atoms with Gasteiger partial charge in [0, 0.05) is 5.69 Å². The monoisotopic (exact) mass is 377 g/mol. The molecule has 0 fully saturated rings. The van der Waals surface area contributed by atoms with Crippen molar-refractivity contribution in [1.82, 2.24) is 0 Å². The van der Waals surface area contributed by atoms with Gasteiger partial charge in [-0.3, -0.25) is 4.79 Å². The van der Waals surface area contributed by atoms with Gasteiger partial charge in [-0.25, -0.2) is 9.59 Å². The molecule has 10 heteroatoms. The molecule has 0 heterocycles. The van der Waals surface area contributed by atoms with Crippen molar-refractivity contribution in [1.29, 1.82) is 0 Å². The van der Waals surface area contributed by atoms with Gasteiger partial charge in [-0.2, -0.15) is 13.2 Å². The van der Waals surface area contributed by atoms with Crippen LogP contribution in [0.5, 0.6) is 0 Å². The zero-order valence-corrected chi connectivity index (χ0v) is 14.1. The van der Waals surface area contributed by atoms with Crippen LogP contribution >= 0.6 is 0 Å². The molecule has 0 radical (unpaired) electrons. The van der Waals surface area contributed by atoms with Crippen LogP contribution in [0.15, 0.2) is 24.3 Å². The van der Waals surface area contributed by atoms with Crippen molar-refractivity contribution < 1.29 is 42.1 Å². The van der Waals surface area contributed by atoms with E-state index in [0.717, 1.165) is 0 Å². The van der Waals surface area contributed by atoms with E-state index in [2.05, 4.69) is 10.1 Å². The molecule has 1 aromatic rings. The number of hydrogen-bond donors (Lipinski definition) is 2. The number of aliphatic hydroxyl groups is 1. The van der Waals surface area contributed by atoms with E-state index in [4.69, 9.17) is 4.74 Å². The van der Waals surface area contributed by atoms with E-state index >= 15 is 0 Å². The number of benzene rings is 1. The first-order chi connectivity index (χ1) is 12.0. The van der Waals surface area contributed by atoms with Gasteiger partial charge in [0.25, 0.3) is 5.60 Å². The topological polar surface area (TPSA) is 102 Å². The zero-order chi connectivity index (χ0) is 20.0. The number of esters is 2. The summed E-state index contributed by atoms with van der Waals surface area (Å²) in [5.74, 6) is -3.82. The highest BCUT2D eigenvalue weighted by Gasteiger charge is 2.61. The van der Waals surface area contributed by atoms with Crippen LogP contribution in [0.2, 0.25) is 0 Å². The second-order valence-corrected chi connectivity index (χ2v) is 5.10. The van der Waals surface area contributed by atoms with Crippen molar-refractivity contribution in [3.05, 3.63) is 29.8 Å². The highest BCUT2D eigenvalue weighted by atomic mass is 19.4. The summed E-state index contributed by atoms with van der Waals surface area (Å²) < 4.78 is 48.0. The van der Waals surface area contributed by atoms with Gasteiger partial charge in [0.05, 0.1) is 25.2 Å². The van der Waals surface area contributed by atoms with Gasteiger partial charge >= 0.3 is 18.1 Å². The Hall–Kier alpha value is -2.62. The Morgan fingerprint density at radius 3 is 2.04 bits per heavy atom. The van der Waals surface area contributed by atoms with Gasteiger partial charge in [0.15, 0.2) is 0 Å². The van der Waals surface area contributed by atoms with E-state index in [-0.39, 0.29) is 17.9 Å². The number of ether oxygens (including phenoxy) is 2. The molecular weight excluding hydrogens is 359 g/mol. The molecule has 7 nitrogen and oxygen atoms in total. The number of amides is 1. The Bertz CT molecular complexity index is 659. The van der Waals surface area contributed by atoms with Crippen molar-refractivity contribution in [3.63, 3.8) is 0 Å². The normalized spacial score (nSPS) is 13.5. The average Bonchev–Trinajstić information content (AvgIpc) is 2.54. The van der Waals surface area contributed by atoms with Gasteiger partial charge in [0.1, 0.15) is 0 Å². The molecule has 0 aromatic heterocycles. The molecule has 0 aliphatic heterocycles. The zero-order valence-electron chi connectivity index (χ0n) is 14.1. The summed E-state index contributed by atoms with van der Waals surface area (Å²) in [6, 6.07) is 5.13. The summed E-state index contributed by atoms with van der Waals surface area (Å²) in [6.45, 7) is 2.66. The predicted octanol–water partition coefficient (Wildman–Crippen LogP) is 2.05. The van der Waals surface area contributed by atoms with Crippen LogP contribution in [0.25, 0.3) is 0 Å². The highest BCUT2D eigenvalue weighted by Crippen LogP contribution is 2.34. The summed E-state index contributed by atoms with van der Waals surface area (Å²) in [7, 11) is 0. The maximum atomic E-state index is 13.0. The lowest BCUT2D eigenvalue weighted by Crippen LogP contribution is -2.54. The van der Waals surface area contributed by atoms with Crippen LogP contribution in [-0.4, -0.2) is 47.9 Å². The molecule has 0 saturated heterocycles. The first-order valence-corrected chi connectivity index (χ1v) is 7.58. The Balaban J connectivity index is 2.86. The number of rotatable bonds is 7. The second kappa shape index (κ2) is 8.65. The minimum absolute atomic E-state index is 0.0661. The van der Waals surface area contributed by atoms with Crippen molar-refractivity contribution in [3.8, 4) is 0 Å². The fraction of sp³-hybridized carbons (Fsp3) is 0.438. The maximum absolute atomic E-state index is 13.0. The molecular formula is C16H18F3NO6. The van der Waals surface area contributed by atoms with E-state index in [9.17, 15) is 32.7 Å². The van der Waals surface area contributed by atoms with Crippen molar-refractivity contribution >= 4 is 23.5 Å². The third kappa shape index (κ3) is 5.19. The van der Waals surface area contributed by atoms with Gasteiger partial charge in [-0.15, -0.1) is 0 Å². The predicted molar refractivity (Wildman–Crippen MR) is 83.3 cm³/mol. The number of carbonyl (C=O) groups excluding carboxylic acids is 3. The Labute approximate surface area is 147 Å². The van der Waals surface area contributed by atoms with Crippen LogP contribution in [-0.2, 0) is 19.1 Å². The van der Waals surface area contributed by atoms with Crippen LogP contribution in [0.3, 0.4) is 0 Å². The molecule has 2 N–H and O–H groups in total. The molecule has 144 valence electrons. The minimum Gasteiger partial charge on any atom is -0.464 e. The van der Waals surface area contributed by atoms with Gasteiger partial charge < -0.3 is 19.9 Å². The summed E-state index contributed by atoms with van der Waals surface area (Å²) in [6.07, 6.45) is -6.97. The Kier molecular flexibility index (Phi) is 7.13. The maximum Gasteiger partial charge on any atom is 0.428 e. The summed E-state index contributed by atoms with van der Waals surface area (Å²) in [5, 5.41) is 11.8. The number of alkyl halides is 3. The molecule has 0 bridgehead atoms. The largest absolute Gasteiger partial charge is 0.464 e. The third-order valence-electron chi connectivity index (χ3n) is 3.18. The SMILES string of the molecule is CCOC(=O)c1ccc(NC(=O)C[C@](O)(C(=O)OCC)C(F)(F)F)cc1. The highest BCUT2D eigenvalue weighted by molar-refractivity contribution is 5.96. The van der Waals surface area contributed by atoms with E-state index in [1.165, 1.54) is 31.2 Å². The summed E-state index contributed by atoms with van der Waals surface area (Å²) >= 11 is 0. The van der Waals surface area contributed by atoms with Crippen molar-refractivity contribution in [2.24, 2.45) is 0 Å². The molecule has 1 aromatic carbocycles. The Morgan fingerprint density at radius 1 is 1.04 bits per heavy atom. The second-order valence-electron chi connectivity index (χ2n) is 5.10. The third-order valence-corrected chi connectivity index (χ3v) is 3.18. The standard InChI is InChI=1S/C16H18F3NO6/c1-3-25-13(22)10-5-7-11(8-6-10)20-12(21)9-15(24,16(17,18)19)14(23)26-4-2/h5-8,24H,3-4,9H2,1-2H3,(H,20,21)/t15-/m0/s1.